The highest BCUT2D eigenvalue weighted by Crippen LogP contribution is 2.38. The first kappa shape index (κ1) is 25.5. The summed E-state index contributed by atoms with van der Waals surface area (Å²) in [5.41, 5.74) is 5.62. The first-order chi connectivity index (χ1) is 16.7. The summed E-state index contributed by atoms with van der Waals surface area (Å²) in [5.74, 6) is 3.25. The fourth-order valence-corrected chi connectivity index (χ4v) is 6.61. The Morgan fingerprint density at radius 1 is 0.618 bits per heavy atom. The molecule has 0 heterocycles. The number of alkyl halides is 1. The van der Waals surface area contributed by atoms with Gasteiger partial charge in [-0.1, -0.05) is 107 Å². The van der Waals surface area contributed by atoms with Crippen molar-refractivity contribution in [2.24, 2.45) is 17.8 Å². The van der Waals surface area contributed by atoms with Gasteiger partial charge in [0.25, 0.3) is 0 Å². The van der Waals surface area contributed by atoms with Crippen molar-refractivity contribution in [2.75, 3.05) is 6.67 Å². The molecule has 2 aliphatic rings. The molecule has 2 aliphatic carbocycles. The molecule has 0 N–H and O–H groups in total. The van der Waals surface area contributed by atoms with Crippen LogP contribution in [0.3, 0.4) is 0 Å². The van der Waals surface area contributed by atoms with Crippen molar-refractivity contribution in [1.29, 1.82) is 0 Å². The van der Waals surface area contributed by atoms with Crippen LogP contribution in [-0.2, 0) is 6.42 Å². The van der Waals surface area contributed by atoms with Gasteiger partial charge in [-0.25, -0.2) is 0 Å². The normalized spacial score (nSPS) is 25.4. The van der Waals surface area contributed by atoms with Crippen LogP contribution in [0.4, 0.5) is 4.39 Å². The van der Waals surface area contributed by atoms with Gasteiger partial charge < -0.3 is 0 Å². The van der Waals surface area contributed by atoms with Crippen LogP contribution >= 0.6 is 0 Å². The lowest BCUT2D eigenvalue weighted by Crippen LogP contribution is -2.15. The van der Waals surface area contributed by atoms with Gasteiger partial charge >= 0.3 is 0 Å². The summed E-state index contributed by atoms with van der Waals surface area (Å²) < 4.78 is 12.6. The number of hydrogen-bond donors (Lipinski definition) is 0. The monoisotopic (exact) mass is 462 g/mol. The Kier molecular flexibility index (Phi) is 10.1. The highest BCUT2D eigenvalue weighted by Gasteiger charge is 2.22. The van der Waals surface area contributed by atoms with Crippen LogP contribution < -0.4 is 0 Å². The van der Waals surface area contributed by atoms with E-state index >= 15 is 0 Å². The van der Waals surface area contributed by atoms with Crippen LogP contribution in [0.15, 0.2) is 48.5 Å². The fourth-order valence-electron chi connectivity index (χ4n) is 6.61. The molecule has 2 saturated carbocycles. The van der Waals surface area contributed by atoms with E-state index in [1.807, 2.05) is 0 Å². The molecule has 4 rings (SSSR count). The van der Waals surface area contributed by atoms with Gasteiger partial charge in [0.2, 0.25) is 0 Å². The van der Waals surface area contributed by atoms with Crippen molar-refractivity contribution in [3.63, 3.8) is 0 Å². The average molecular weight is 463 g/mol. The molecular formula is C33H47F. The third-order valence-corrected chi connectivity index (χ3v) is 9.06. The Bertz CT molecular complexity index is 805. The van der Waals surface area contributed by atoms with Gasteiger partial charge in [0.1, 0.15) is 0 Å². The second-order valence-corrected chi connectivity index (χ2v) is 11.4. The van der Waals surface area contributed by atoms with Gasteiger partial charge in [-0.2, -0.15) is 0 Å². The number of hydrogen-bond acceptors (Lipinski definition) is 0. The Morgan fingerprint density at radius 2 is 1.15 bits per heavy atom. The minimum Gasteiger partial charge on any atom is -0.251 e. The quantitative estimate of drug-likeness (QED) is 0.291. The predicted octanol–water partition coefficient (Wildman–Crippen LogP) is 10.3. The lowest BCUT2D eigenvalue weighted by molar-refractivity contribution is 0.249. The van der Waals surface area contributed by atoms with E-state index in [2.05, 4.69) is 55.5 Å². The van der Waals surface area contributed by atoms with Gasteiger partial charge in [0.15, 0.2) is 0 Å². The fraction of sp³-hybridized carbons (Fsp3) is 0.636. The Labute approximate surface area is 208 Å². The van der Waals surface area contributed by atoms with E-state index in [0.717, 1.165) is 18.3 Å². The van der Waals surface area contributed by atoms with Gasteiger partial charge in [0, 0.05) is 0 Å². The molecule has 0 radical (unpaired) electrons. The zero-order valence-electron chi connectivity index (χ0n) is 21.6. The molecule has 0 nitrogen and oxygen atoms in total. The summed E-state index contributed by atoms with van der Waals surface area (Å²) in [5, 5.41) is 0. The summed E-state index contributed by atoms with van der Waals surface area (Å²) in [4.78, 5) is 0. The maximum absolute atomic E-state index is 12.6. The van der Waals surface area contributed by atoms with Crippen LogP contribution in [-0.4, -0.2) is 6.67 Å². The Morgan fingerprint density at radius 3 is 1.74 bits per heavy atom. The van der Waals surface area contributed by atoms with Crippen LogP contribution in [0.25, 0.3) is 11.1 Å². The SMILES string of the molecule is CCCCCC1CCC(CCc2ccc(-c3ccc(C4CCC(CCF)CC4)cc3)cc2)CC1. The average Bonchev–Trinajstić information content (AvgIpc) is 2.89. The molecule has 186 valence electrons. The van der Waals surface area contributed by atoms with Crippen LogP contribution in [0.1, 0.15) is 114 Å². The van der Waals surface area contributed by atoms with E-state index in [-0.39, 0.29) is 6.67 Å². The van der Waals surface area contributed by atoms with Crippen LogP contribution in [0.5, 0.6) is 0 Å². The highest BCUT2D eigenvalue weighted by molar-refractivity contribution is 5.64. The molecule has 0 unspecified atom stereocenters. The summed E-state index contributed by atoms with van der Waals surface area (Å²) in [6.07, 6.45) is 19.7. The molecule has 2 aromatic carbocycles. The topological polar surface area (TPSA) is 0 Å². The van der Waals surface area contributed by atoms with Crippen molar-refractivity contribution < 1.29 is 4.39 Å². The number of halogens is 1. The second-order valence-electron chi connectivity index (χ2n) is 11.4. The molecule has 2 aromatic rings. The highest BCUT2D eigenvalue weighted by atomic mass is 19.1. The predicted molar refractivity (Wildman–Crippen MR) is 145 cm³/mol. The van der Waals surface area contributed by atoms with Crippen molar-refractivity contribution in [1.82, 2.24) is 0 Å². The number of rotatable bonds is 11. The Balaban J connectivity index is 1.21. The van der Waals surface area contributed by atoms with E-state index < -0.39 is 0 Å². The molecule has 0 amide bonds. The minimum absolute atomic E-state index is 0.150. The van der Waals surface area contributed by atoms with E-state index in [9.17, 15) is 4.39 Å². The van der Waals surface area contributed by atoms with Crippen molar-refractivity contribution in [3.8, 4) is 11.1 Å². The van der Waals surface area contributed by atoms with E-state index in [4.69, 9.17) is 0 Å². The maximum atomic E-state index is 12.6. The zero-order valence-corrected chi connectivity index (χ0v) is 21.6. The second kappa shape index (κ2) is 13.5. The lowest BCUT2D eigenvalue weighted by atomic mass is 9.77. The van der Waals surface area contributed by atoms with Gasteiger partial charge in [0.05, 0.1) is 6.67 Å². The largest absolute Gasteiger partial charge is 0.251 e. The molecule has 0 aromatic heterocycles. The molecule has 0 aliphatic heterocycles. The minimum atomic E-state index is -0.150. The van der Waals surface area contributed by atoms with E-state index in [1.54, 1.807) is 0 Å². The maximum Gasteiger partial charge on any atom is 0.0897 e. The van der Waals surface area contributed by atoms with Gasteiger partial charge in [-0.15, -0.1) is 0 Å². The van der Waals surface area contributed by atoms with E-state index in [0.29, 0.717) is 11.8 Å². The zero-order chi connectivity index (χ0) is 23.6. The standard InChI is InChI=1S/C33H47F/c1-2-3-4-5-26-6-8-27(9-7-26)10-11-28-12-16-30(17-13-28)32-20-22-33(23-21-32)31-18-14-29(15-19-31)24-25-34/h12-13,16-17,20-23,26-27,29,31H,2-11,14-15,18-19,24-25H2,1H3. The summed E-state index contributed by atoms with van der Waals surface area (Å²) in [7, 11) is 0. The third-order valence-electron chi connectivity index (χ3n) is 9.06. The van der Waals surface area contributed by atoms with Crippen molar-refractivity contribution >= 4 is 0 Å². The molecular weight excluding hydrogens is 415 g/mol. The number of unbranched alkanes of at least 4 members (excludes halogenated alkanes) is 2. The molecule has 34 heavy (non-hydrogen) atoms. The third kappa shape index (κ3) is 7.43. The van der Waals surface area contributed by atoms with E-state index in [1.165, 1.54) is 112 Å². The first-order valence-electron chi connectivity index (χ1n) is 14.5. The van der Waals surface area contributed by atoms with Gasteiger partial charge in [-0.3, -0.25) is 4.39 Å². The molecule has 0 atom stereocenters. The summed E-state index contributed by atoms with van der Waals surface area (Å²) in [6, 6.07) is 18.6. The Hall–Kier alpha value is -1.63. The first-order valence-corrected chi connectivity index (χ1v) is 14.5. The van der Waals surface area contributed by atoms with Crippen LogP contribution in [0.2, 0.25) is 0 Å². The number of aryl methyl sites for hydroxylation is 1. The molecule has 0 saturated heterocycles. The molecule has 1 heteroatoms. The molecule has 0 spiro atoms. The molecule has 0 bridgehead atoms. The summed E-state index contributed by atoms with van der Waals surface area (Å²) >= 11 is 0. The van der Waals surface area contributed by atoms with Crippen molar-refractivity contribution in [3.05, 3.63) is 59.7 Å². The smallest absolute Gasteiger partial charge is 0.0897 e. The lowest BCUT2D eigenvalue weighted by Gasteiger charge is -2.28. The molecule has 2 fully saturated rings. The van der Waals surface area contributed by atoms with Crippen molar-refractivity contribution in [2.45, 2.75) is 109 Å². The van der Waals surface area contributed by atoms with Gasteiger partial charge in [-0.05, 0) is 90.9 Å². The summed E-state index contributed by atoms with van der Waals surface area (Å²) in [6.45, 7) is 2.16. The van der Waals surface area contributed by atoms with Crippen LogP contribution in [0, 0.1) is 17.8 Å². The number of benzene rings is 2.